The van der Waals surface area contributed by atoms with Gasteiger partial charge >= 0.3 is 0 Å². The highest BCUT2D eigenvalue weighted by Crippen LogP contribution is 2.47. The van der Waals surface area contributed by atoms with E-state index in [1.807, 2.05) is 19.9 Å². The molecule has 0 aliphatic carbocycles. The number of ketones is 1. The summed E-state index contributed by atoms with van der Waals surface area (Å²) in [5.41, 5.74) is 0.305. The Morgan fingerprint density at radius 1 is 1.25 bits per heavy atom. The molecular formula is C16H20O4. The number of hydrogen-bond donors (Lipinski definition) is 2. The summed E-state index contributed by atoms with van der Waals surface area (Å²) in [4.78, 5) is 12.4. The number of fused-ring (bicyclic) bond motifs is 1. The summed E-state index contributed by atoms with van der Waals surface area (Å²) >= 11 is 0. The second kappa shape index (κ2) is 4.54. The third-order valence-electron chi connectivity index (χ3n) is 3.46. The van der Waals surface area contributed by atoms with Gasteiger partial charge in [0.1, 0.15) is 28.4 Å². The van der Waals surface area contributed by atoms with Crippen LogP contribution < -0.4 is 4.74 Å². The molecule has 1 aliphatic rings. The number of rotatable bonds is 2. The second-order valence-electron chi connectivity index (χ2n) is 6.00. The summed E-state index contributed by atoms with van der Waals surface area (Å²) in [5, 5.41) is 20.4. The molecule has 1 heterocycles. The first kappa shape index (κ1) is 14.4. The number of carbonyl (C=O) groups excluding carboxylic acids is 1. The van der Waals surface area contributed by atoms with Crippen molar-refractivity contribution in [2.45, 2.75) is 40.2 Å². The minimum atomic E-state index is -0.590. The van der Waals surface area contributed by atoms with E-state index in [1.165, 1.54) is 0 Å². The van der Waals surface area contributed by atoms with Crippen LogP contribution in [0.25, 0.3) is 6.08 Å². The first-order valence-corrected chi connectivity index (χ1v) is 6.66. The molecule has 0 saturated heterocycles. The molecule has 20 heavy (non-hydrogen) atoms. The summed E-state index contributed by atoms with van der Waals surface area (Å²) < 4.78 is 5.81. The van der Waals surface area contributed by atoms with E-state index in [0.717, 1.165) is 0 Å². The highest BCUT2D eigenvalue weighted by molar-refractivity contribution is 6.04. The van der Waals surface area contributed by atoms with Crippen molar-refractivity contribution in [1.29, 1.82) is 0 Å². The molecule has 108 valence electrons. The van der Waals surface area contributed by atoms with Crippen molar-refractivity contribution in [1.82, 2.24) is 0 Å². The Kier molecular flexibility index (Phi) is 3.28. The van der Waals surface area contributed by atoms with Crippen LogP contribution in [0.4, 0.5) is 0 Å². The van der Waals surface area contributed by atoms with Gasteiger partial charge in [0.2, 0.25) is 0 Å². The lowest BCUT2D eigenvalue weighted by Crippen LogP contribution is -2.29. The van der Waals surface area contributed by atoms with Crippen LogP contribution in [-0.2, 0) is 0 Å². The van der Waals surface area contributed by atoms with Crippen LogP contribution in [-0.4, -0.2) is 21.6 Å². The Bertz CT molecular complexity index is 610. The maximum Gasteiger partial charge on any atom is 0.172 e. The van der Waals surface area contributed by atoms with Crippen LogP contribution in [0.3, 0.4) is 0 Å². The van der Waals surface area contributed by atoms with E-state index in [4.69, 9.17) is 4.74 Å². The second-order valence-corrected chi connectivity index (χ2v) is 6.00. The Morgan fingerprint density at radius 3 is 2.40 bits per heavy atom. The number of hydrogen-bond acceptors (Lipinski definition) is 4. The lowest BCUT2D eigenvalue weighted by atomic mass is 9.91. The van der Waals surface area contributed by atoms with Crippen LogP contribution in [0.15, 0.2) is 6.08 Å². The van der Waals surface area contributed by atoms with Crippen LogP contribution in [0.2, 0.25) is 0 Å². The Morgan fingerprint density at radius 2 is 1.85 bits per heavy atom. The summed E-state index contributed by atoms with van der Waals surface area (Å²) in [7, 11) is 0. The smallest absolute Gasteiger partial charge is 0.172 e. The number of phenols is 2. The van der Waals surface area contributed by atoms with Gasteiger partial charge in [-0.15, -0.1) is 0 Å². The normalized spacial score (nSPS) is 15.9. The van der Waals surface area contributed by atoms with E-state index in [0.29, 0.717) is 11.1 Å². The van der Waals surface area contributed by atoms with E-state index < -0.39 is 5.60 Å². The number of Topliss-reactive ketones (excluding diaryl/α,β-unsaturated/α-hetero) is 1. The third kappa shape index (κ3) is 2.15. The van der Waals surface area contributed by atoms with Crippen molar-refractivity contribution >= 4 is 11.9 Å². The number of phenolic OH excluding ortho intramolecular Hbond substituents is 2. The van der Waals surface area contributed by atoms with E-state index in [9.17, 15) is 15.0 Å². The maximum atomic E-state index is 12.4. The Balaban J connectivity index is 2.79. The number of benzene rings is 1. The van der Waals surface area contributed by atoms with Crippen molar-refractivity contribution in [3.63, 3.8) is 0 Å². The first-order chi connectivity index (χ1) is 9.15. The van der Waals surface area contributed by atoms with E-state index in [-0.39, 0.29) is 34.5 Å². The van der Waals surface area contributed by atoms with E-state index in [2.05, 4.69) is 0 Å². The molecule has 0 saturated carbocycles. The summed E-state index contributed by atoms with van der Waals surface area (Å²) in [5.74, 6) is -0.466. The predicted octanol–water partition coefficient (Wildman–Crippen LogP) is 3.43. The minimum absolute atomic E-state index is 0.0513. The molecule has 0 fully saturated rings. The van der Waals surface area contributed by atoms with Gasteiger partial charge in [-0.05, 0) is 32.9 Å². The highest BCUT2D eigenvalue weighted by Gasteiger charge is 2.32. The average Bonchev–Trinajstić information content (AvgIpc) is 2.35. The molecule has 2 rings (SSSR count). The molecule has 0 radical (unpaired) electrons. The zero-order valence-corrected chi connectivity index (χ0v) is 12.4. The third-order valence-corrected chi connectivity index (χ3v) is 3.46. The molecular weight excluding hydrogens is 256 g/mol. The lowest BCUT2D eigenvalue weighted by molar-refractivity contribution is 0.0922. The fourth-order valence-corrected chi connectivity index (χ4v) is 2.21. The van der Waals surface area contributed by atoms with Gasteiger partial charge in [-0.25, -0.2) is 0 Å². The molecule has 1 aliphatic heterocycles. The topological polar surface area (TPSA) is 66.8 Å². The average molecular weight is 276 g/mol. The molecule has 0 amide bonds. The van der Waals surface area contributed by atoms with Crippen LogP contribution in [0, 0.1) is 12.8 Å². The minimum Gasteiger partial charge on any atom is -0.507 e. The fraction of sp³-hybridized carbons (Fsp3) is 0.438. The number of ether oxygens (including phenoxy) is 1. The van der Waals surface area contributed by atoms with Crippen LogP contribution in [0.5, 0.6) is 17.2 Å². The van der Waals surface area contributed by atoms with Gasteiger partial charge < -0.3 is 14.9 Å². The largest absolute Gasteiger partial charge is 0.507 e. The van der Waals surface area contributed by atoms with Crippen molar-refractivity contribution in [2.75, 3.05) is 0 Å². The molecule has 0 bridgehead atoms. The Hall–Kier alpha value is -1.97. The molecule has 0 unspecified atom stereocenters. The molecule has 0 atom stereocenters. The lowest BCUT2D eigenvalue weighted by Gasteiger charge is -2.30. The van der Waals surface area contributed by atoms with Gasteiger partial charge in [-0.1, -0.05) is 13.8 Å². The molecule has 1 aromatic rings. The van der Waals surface area contributed by atoms with Crippen molar-refractivity contribution in [3.05, 3.63) is 22.8 Å². The summed E-state index contributed by atoms with van der Waals surface area (Å²) in [6.45, 7) is 8.81. The van der Waals surface area contributed by atoms with Gasteiger partial charge in [0.15, 0.2) is 5.78 Å². The standard InChI is InChI=1S/C16H20O4/c1-8(2)12(17)11-14(19)9(3)13(18)10-6-7-16(4,5)20-15(10)11/h6-8,18-19H,1-5H3. The maximum absolute atomic E-state index is 12.4. The van der Waals surface area contributed by atoms with Crippen molar-refractivity contribution in [3.8, 4) is 17.2 Å². The van der Waals surface area contributed by atoms with Crippen LogP contribution >= 0.6 is 0 Å². The predicted molar refractivity (Wildman–Crippen MR) is 77.4 cm³/mol. The van der Waals surface area contributed by atoms with Gasteiger partial charge in [0.05, 0.1) is 5.56 Å². The quantitative estimate of drug-likeness (QED) is 0.812. The van der Waals surface area contributed by atoms with Gasteiger partial charge in [0, 0.05) is 11.5 Å². The molecule has 1 aromatic carbocycles. The molecule has 4 nitrogen and oxygen atoms in total. The molecule has 2 N–H and O–H groups in total. The van der Waals surface area contributed by atoms with Crippen molar-refractivity contribution < 1.29 is 19.7 Å². The van der Waals surface area contributed by atoms with Crippen LogP contribution in [0.1, 0.15) is 49.2 Å². The van der Waals surface area contributed by atoms with E-state index >= 15 is 0 Å². The van der Waals surface area contributed by atoms with Crippen molar-refractivity contribution in [2.24, 2.45) is 5.92 Å². The van der Waals surface area contributed by atoms with Gasteiger partial charge in [0.25, 0.3) is 0 Å². The number of aromatic hydroxyl groups is 2. The highest BCUT2D eigenvalue weighted by atomic mass is 16.5. The summed E-state index contributed by atoms with van der Waals surface area (Å²) in [6, 6.07) is 0. The van der Waals surface area contributed by atoms with E-state index in [1.54, 1.807) is 26.8 Å². The zero-order valence-electron chi connectivity index (χ0n) is 12.4. The molecule has 0 spiro atoms. The van der Waals surface area contributed by atoms with Gasteiger partial charge in [-0.3, -0.25) is 4.79 Å². The van der Waals surface area contributed by atoms with Gasteiger partial charge in [-0.2, -0.15) is 0 Å². The molecule has 4 heteroatoms. The number of carbonyl (C=O) groups is 1. The monoisotopic (exact) mass is 276 g/mol. The Labute approximate surface area is 118 Å². The molecule has 0 aromatic heterocycles. The first-order valence-electron chi connectivity index (χ1n) is 6.66. The summed E-state index contributed by atoms with van der Waals surface area (Å²) in [6.07, 6.45) is 3.55. The SMILES string of the molecule is Cc1c(O)c2c(c(C(=O)C(C)C)c1O)OC(C)(C)C=C2. The zero-order chi connectivity index (χ0) is 15.2. The fourth-order valence-electron chi connectivity index (χ4n) is 2.21.